The molecular weight excluding hydrogens is 372 g/mol. The molecule has 1 saturated carbocycles. The van der Waals surface area contributed by atoms with Gasteiger partial charge >= 0.3 is 0 Å². The van der Waals surface area contributed by atoms with E-state index in [9.17, 15) is 9.90 Å². The van der Waals surface area contributed by atoms with E-state index in [0.717, 1.165) is 24.8 Å². The van der Waals surface area contributed by atoms with Crippen molar-refractivity contribution < 1.29 is 24.1 Å². The molecule has 0 bridgehead atoms. The number of carbonyl (C=O) groups is 1. The molecule has 29 heavy (non-hydrogen) atoms. The van der Waals surface area contributed by atoms with Crippen molar-refractivity contribution in [3.63, 3.8) is 0 Å². The zero-order valence-electron chi connectivity index (χ0n) is 16.8. The van der Waals surface area contributed by atoms with Crippen LogP contribution in [0.25, 0.3) is 0 Å². The van der Waals surface area contributed by atoms with Crippen molar-refractivity contribution >= 4 is 5.91 Å². The number of ether oxygens (including phenoxy) is 3. The number of nitrogens with two attached hydrogens (primary N) is 1. The Morgan fingerprint density at radius 3 is 2.34 bits per heavy atom. The third-order valence-corrected chi connectivity index (χ3v) is 5.16. The maximum absolute atomic E-state index is 12.6. The van der Waals surface area contributed by atoms with Gasteiger partial charge in [0.05, 0.1) is 26.4 Å². The first-order valence-electron chi connectivity index (χ1n) is 9.77. The highest BCUT2D eigenvalue weighted by atomic mass is 16.5. The first-order chi connectivity index (χ1) is 14.0. The fraction of sp³-hybridized carbons (Fsp3) is 0.409. The zero-order chi connectivity index (χ0) is 20.8. The molecule has 0 unspecified atom stereocenters. The second kappa shape index (κ2) is 9.62. The lowest BCUT2D eigenvalue weighted by Gasteiger charge is -2.28. The molecule has 1 fully saturated rings. The summed E-state index contributed by atoms with van der Waals surface area (Å²) in [5, 5.41) is 13.0. The van der Waals surface area contributed by atoms with E-state index in [1.807, 2.05) is 12.1 Å². The number of carbonyl (C=O) groups excluding carboxylic acids is 1. The highest BCUT2D eigenvalue weighted by Crippen LogP contribution is 2.37. The van der Waals surface area contributed by atoms with Crippen LogP contribution in [0, 0.1) is 0 Å². The summed E-state index contributed by atoms with van der Waals surface area (Å²) in [6.07, 6.45) is 2.99. The summed E-state index contributed by atoms with van der Waals surface area (Å²) in [6.45, 7) is 0.402. The summed E-state index contributed by atoms with van der Waals surface area (Å²) >= 11 is 0. The van der Waals surface area contributed by atoms with Crippen molar-refractivity contribution in [2.24, 2.45) is 5.73 Å². The van der Waals surface area contributed by atoms with Crippen LogP contribution in [0.2, 0.25) is 0 Å². The fourth-order valence-electron chi connectivity index (χ4n) is 3.47. The molecule has 156 valence electrons. The number of aliphatic hydroxyl groups excluding tert-OH is 1. The van der Waals surface area contributed by atoms with Gasteiger partial charge in [-0.05, 0) is 48.7 Å². The summed E-state index contributed by atoms with van der Waals surface area (Å²) in [7, 11) is 3.08. The lowest BCUT2D eigenvalue weighted by Crippen LogP contribution is -2.45. The third kappa shape index (κ3) is 4.99. The van der Waals surface area contributed by atoms with E-state index in [1.165, 1.54) is 7.11 Å². The van der Waals surface area contributed by atoms with Crippen LogP contribution < -0.4 is 25.3 Å². The normalized spacial score (nSPS) is 18.8. The number of aliphatic hydroxyl groups is 1. The predicted molar refractivity (Wildman–Crippen MR) is 110 cm³/mol. The maximum atomic E-state index is 12.6. The van der Waals surface area contributed by atoms with Crippen LogP contribution in [-0.2, 0) is 6.54 Å². The predicted octanol–water partition coefficient (Wildman–Crippen LogP) is 2.99. The van der Waals surface area contributed by atoms with Crippen LogP contribution >= 0.6 is 0 Å². The summed E-state index contributed by atoms with van der Waals surface area (Å²) < 4.78 is 16.8. The molecule has 1 amide bonds. The maximum Gasteiger partial charge on any atom is 0.251 e. The number of nitrogens with one attached hydrogen (secondary N) is 1. The van der Waals surface area contributed by atoms with Gasteiger partial charge in [0.2, 0.25) is 0 Å². The molecule has 7 nitrogen and oxygen atoms in total. The molecule has 4 N–H and O–H groups in total. The molecule has 0 spiro atoms. The van der Waals surface area contributed by atoms with Crippen molar-refractivity contribution in [2.45, 2.75) is 44.4 Å². The zero-order valence-corrected chi connectivity index (χ0v) is 16.8. The first-order valence-corrected chi connectivity index (χ1v) is 9.77. The van der Waals surface area contributed by atoms with Crippen LogP contribution in [0.1, 0.15) is 41.6 Å². The molecule has 2 atom stereocenters. The van der Waals surface area contributed by atoms with Gasteiger partial charge in [-0.25, -0.2) is 0 Å². The second-order valence-corrected chi connectivity index (χ2v) is 7.09. The van der Waals surface area contributed by atoms with E-state index in [-0.39, 0.29) is 11.9 Å². The van der Waals surface area contributed by atoms with E-state index in [4.69, 9.17) is 19.9 Å². The monoisotopic (exact) mass is 400 g/mol. The molecule has 1 aliphatic rings. The number of benzene rings is 2. The number of hydrogen-bond acceptors (Lipinski definition) is 6. The van der Waals surface area contributed by atoms with E-state index >= 15 is 0 Å². The molecule has 0 aromatic heterocycles. The summed E-state index contributed by atoms with van der Waals surface area (Å²) in [5.41, 5.74) is 7.04. The summed E-state index contributed by atoms with van der Waals surface area (Å²) in [6, 6.07) is 10.2. The average Bonchev–Trinajstić information content (AvgIpc) is 2.75. The van der Waals surface area contributed by atoms with Crippen LogP contribution in [0.5, 0.6) is 23.0 Å². The topological polar surface area (TPSA) is 103 Å². The fourth-order valence-corrected chi connectivity index (χ4v) is 3.47. The Morgan fingerprint density at radius 1 is 1.03 bits per heavy atom. The number of amides is 1. The largest absolute Gasteiger partial charge is 0.493 e. The van der Waals surface area contributed by atoms with Crippen LogP contribution in [-0.4, -0.2) is 37.4 Å². The standard InChI is InChI=1S/C22H28N2O5/c1-27-20-11-14(13-23)7-9-18(20)29-19-10-8-15(12-21(19)28-2)22(26)24-16-5-3-4-6-17(16)25/h7-12,16-17,25H,3-6,13,23H2,1-2H3,(H,24,26)/t16-,17-/m1/s1. The van der Waals surface area contributed by atoms with Crippen molar-refractivity contribution in [2.75, 3.05) is 14.2 Å². The van der Waals surface area contributed by atoms with Crippen molar-refractivity contribution in [3.05, 3.63) is 47.5 Å². The molecule has 2 aromatic rings. The second-order valence-electron chi connectivity index (χ2n) is 7.09. The van der Waals surface area contributed by atoms with E-state index in [0.29, 0.717) is 41.5 Å². The lowest BCUT2D eigenvalue weighted by atomic mass is 9.92. The highest BCUT2D eigenvalue weighted by Gasteiger charge is 2.25. The van der Waals surface area contributed by atoms with Crippen LogP contribution in [0.3, 0.4) is 0 Å². The van der Waals surface area contributed by atoms with Crippen LogP contribution in [0.15, 0.2) is 36.4 Å². The Kier molecular flexibility index (Phi) is 6.95. The van der Waals surface area contributed by atoms with Gasteiger partial charge in [-0.3, -0.25) is 4.79 Å². The molecule has 3 rings (SSSR count). The molecule has 0 aliphatic heterocycles. The molecule has 0 heterocycles. The highest BCUT2D eigenvalue weighted by molar-refractivity contribution is 5.95. The van der Waals surface area contributed by atoms with Gasteiger partial charge in [0.1, 0.15) is 0 Å². The van der Waals surface area contributed by atoms with Crippen molar-refractivity contribution in [1.82, 2.24) is 5.32 Å². The Bertz CT molecular complexity index is 855. The van der Waals surface area contributed by atoms with Crippen molar-refractivity contribution in [3.8, 4) is 23.0 Å². The molecule has 2 aromatic carbocycles. The van der Waals surface area contributed by atoms with Gasteiger partial charge in [0, 0.05) is 12.1 Å². The lowest BCUT2D eigenvalue weighted by molar-refractivity contribution is 0.0717. The minimum absolute atomic E-state index is 0.219. The SMILES string of the molecule is COc1cc(CN)ccc1Oc1ccc(C(=O)N[C@@H]2CCCC[C@H]2O)cc1OC. The minimum Gasteiger partial charge on any atom is -0.493 e. The smallest absolute Gasteiger partial charge is 0.251 e. The molecule has 0 radical (unpaired) electrons. The number of methoxy groups -OCH3 is 2. The Hall–Kier alpha value is -2.77. The van der Waals surface area contributed by atoms with E-state index in [2.05, 4.69) is 5.32 Å². The molecule has 1 aliphatic carbocycles. The van der Waals surface area contributed by atoms with Gasteiger partial charge < -0.3 is 30.4 Å². The third-order valence-electron chi connectivity index (χ3n) is 5.16. The quantitative estimate of drug-likeness (QED) is 0.660. The first kappa shape index (κ1) is 21.0. The van der Waals surface area contributed by atoms with Gasteiger partial charge in [-0.2, -0.15) is 0 Å². The average molecular weight is 400 g/mol. The van der Waals surface area contributed by atoms with Gasteiger partial charge in [-0.15, -0.1) is 0 Å². The van der Waals surface area contributed by atoms with Crippen molar-refractivity contribution in [1.29, 1.82) is 0 Å². The van der Waals surface area contributed by atoms with Gasteiger partial charge in [0.25, 0.3) is 5.91 Å². The van der Waals surface area contributed by atoms with Gasteiger partial charge in [0.15, 0.2) is 23.0 Å². The van der Waals surface area contributed by atoms with E-state index in [1.54, 1.807) is 31.4 Å². The Balaban J connectivity index is 1.77. The minimum atomic E-state index is -0.499. The van der Waals surface area contributed by atoms with E-state index < -0.39 is 6.10 Å². The van der Waals surface area contributed by atoms with Gasteiger partial charge in [-0.1, -0.05) is 18.9 Å². The molecule has 7 heteroatoms. The number of hydrogen-bond donors (Lipinski definition) is 3. The number of rotatable bonds is 7. The summed E-state index contributed by atoms with van der Waals surface area (Å²) in [5.74, 6) is 1.71. The van der Waals surface area contributed by atoms with Crippen LogP contribution in [0.4, 0.5) is 0 Å². The molecule has 0 saturated heterocycles. The summed E-state index contributed by atoms with van der Waals surface area (Å²) in [4.78, 5) is 12.6. The molecular formula is C22H28N2O5. The Morgan fingerprint density at radius 2 is 1.69 bits per heavy atom. The Labute approximate surface area is 170 Å².